The fourth-order valence-electron chi connectivity index (χ4n) is 12.6. The minimum Gasteiger partial charge on any atom is -0.309 e. The van der Waals surface area contributed by atoms with Gasteiger partial charge in [0.2, 0.25) is 0 Å². The summed E-state index contributed by atoms with van der Waals surface area (Å²) in [5, 5.41) is 7.48. The average Bonchev–Trinajstić information content (AvgIpc) is 4.04. The monoisotopic (exact) mass is 905 g/mol. The van der Waals surface area contributed by atoms with E-state index < -0.39 is 0 Å². The van der Waals surface area contributed by atoms with E-state index in [0.717, 1.165) is 5.69 Å². The van der Waals surface area contributed by atoms with Crippen LogP contribution in [0.5, 0.6) is 0 Å². The summed E-state index contributed by atoms with van der Waals surface area (Å²) in [6.45, 7) is 9.54. The summed E-state index contributed by atoms with van der Waals surface area (Å²) in [5.74, 6) is 0. The first kappa shape index (κ1) is 41.5. The zero-order valence-corrected chi connectivity index (χ0v) is 40.5. The van der Waals surface area contributed by atoms with Crippen molar-refractivity contribution in [1.82, 2.24) is 4.57 Å². The second-order valence-corrected chi connectivity index (χ2v) is 20.8. The second kappa shape index (κ2) is 15.5. The highest BCUT2D eigenvalue weighted by molar-refractivity contribution is 6.22. The van der Waals surface area contributed by atoms with Crippen molar-refractivity contribution in [3.8, 4) is 83.8 Å². The van der Waals surface area contributed by atoms with Gasteiger partial charge in [0.1, 0.15) is 0 Å². The van der Waals surface area contributed by atoms with Crippen LogP contribution in [0.1, 0.15) is 49.9 Å². The summed E-state index contributed by atoms with van der Waals surface area (Å²) in [5.41, 5.74) is 24.1. The molecule has 12 aromatic rings. The summed E-state index contributed by atoms with van der Waals surface area (Å²) in [6, 6.07) is 88.7. The van der Waals surface area contributed by atoms with Crippen LogP contribution in [0.15, 0.2) is 237 Å². The fraction of sp³-hybridized carbons (Fsp3) is 0.0857. The number of rotatable bonds is 6. The molecular formula is C70H51N. The maximum atomic E-state index is 2.50. The Kier molecular flexibility index (Phi) is 9.05. The molecule has 0 saturated heterocycles. The molecular weight excluding hydrogens is 855 g/mol. The average molecular weight is 906 g/mol. The van der Waals surface area contributed by atoms with Crippen LogP contribution in [0.2, 0.25) is 0 Å². The summed E-state index contributed by atoms with van der Waals surface area (Å²) in [6.07, 6.45) is 0. The van der Waals surface area contributed by atoms with Crippen LogP contribution in [-0.2, 0) is 10.8 Å². The molecule has 0 fully saturated rings. The zero-order chi connectivity index (χ0) is 47.6. The van der Waals surface area contributed by atoms with Crippen LogP contribution in [0.3, 0.4) is 0 Å². The molecule has 0 N–H and O–H groups in total. The van der Waals surface area contributed by atoms with E-state index in [0.29, 0.717) is 0 Å². The second-order valence-electron chi connectivity index (χ2n) is 20.8. The lowest BCUT2D eigenvalue weighted by Crippen LogP contribution is -2.15. The van der Waals surface area contributed by atoms with Gasteiger partial charge in [-0.25, -0.2) is 0 Å². The molecule has 0 atom stereocenters. The Morgan fingerprint density at radius 1 is 0.268 bits per heavy atom. The molecule has 1 nitrogen and oxygen atoms in total. The van der Waals surface area contributed by atoms with E-state index in [9.17, 15) is 0 Å². The highest BCUT2D eigenvalue weighted by Gasteiger charge is 2.37. The van der Waals surface area contributed by atoms with Crippen LogP contribution in [0.25, 0.3) is 116 Å². The normalized spacial score (nSPS) is 13.9. The van der Waals surface area contributed by atoms with Gasteiger partial charge in [0.25, 0.3) is 0 Å². The van der Waals surface area contributed by atoms with Gasteiger partial charge in [-0.1, -0.05) is 216 Å². The zero-order valence-electron chi connectivity index (χ0n) is 40.5. The van der Waals surface area contributed by atoms with Crippen LogP contribution in [0, 0.1) is 0 Å². The molecule has 1 heterocycles. The van der Waals surface area contributed by atoms with E-state index in [1.165, 1.54) is 133 Å². The molecule has 1 aromatic heterocycles. The Hall–Kier alpha value is -8.52. The maximum Gasteiger partial charge on any atom is 0.0535 e. The molecule has 0 amide bonds. The number of benzene rings is 11. The molecule has 0 unspecified atom stereocenters. The lowest BCUT2D eigenvalue weighted by atomic mass is 9.79. The SMILES string of the molecule is CC1(C)c2ccccc2-c2ccc(-c3c4ccccc4c(-c4ccc5c(c4)C(C)(C)c4ccccc4-5)c4cc(-c5ccc6cc(-n7c(-c8ccccc8)ccc7-c7ccccc7)ccc6c5)ccc34)cc21. The lowest BCUT2D eigenvalue weighted by Gasteiger charge is -2.24. The van der Waals surface area contributed by atoms with Crippen molar-refractivity contribution in [2.75, 3.05) is 0 Å². The number of nitrogens with zero attached hydrogens (tertiary/aromatic N) is 1. The van der Waals surface area contributed by atoms with Crippen molar-refractivity contribution in [1.29, 1.82) is 0 Å². The van der Waals surface area contributed by atoms with Crippen LogP contribution < -0.4 is 0 Å². The van der Waals surface area contributed by atoms with Gasteiger partial charge in [-0.2, -0.15) is 0 Å². The molecule has 0 aliphatic heterocycles. The third-order valence-corrected chi connectivity index (χ3v) is 16.2. The lowest BCUT2D eigenvalue weighted by molar-refractivity contribution is 0.660. The van der Waals surface area contributed by atoms with E-state index in [2.05, 4.69) is 269 Å². The Morgan fingerprint density at radius 2 is 0.690 bits per heavy atom. The van der Waals surface area contributed by atoms with Crippen molar-refractivity contribution in [3.05, 3.63) is 259 Å². The third kappa shape index (κ3) is 6.25. The van der Waals surface area contributed by atoms with Gasteiger partial charge in [-0.3, -0.25) is 0 Å². The standard InChI is InChI=1S/C70H51N/c1-69(2)61-25-15-13-21-53(61)55-34-31-50(42-63(55)69)67-57-23-11-12-24-58(57)68(51-32-35-56-54-22-14-16-26-62(54)70(3,4)64(56)43-51)60-41-49(30-36-59(60)67)46-27-28-48-40-52(33-29-47(48)39-46)71-65(44-17-7-5-8-18-44)37-38-66(71)45-19-9-6-10-20-45/h5-43H,1-4H3. The molecule has 0 saturated carbocycles. The minimum absolute atomic E-state index is 0.109. The minimum atomic E-state index is -0.119. The first-order chi connectivity index (χ1) is 34.7. The Bertz CT molecular complexity index is 4090. The van der Waals surface area contributed by atoms with Crippen molar-refractivity contribution < 1.29 is 0 Å². The van der Waals surface area contributed by atoms with Crippen LogP contribution >= 0.6 is 0 Å². The Labute approximate surface area is 416 Å². The number of hydrogen-bond donors (Lipinski definition) is 0. The molecule has 336 valence electrons. The smallest absolute Gasteiger partial charge is 0.0535 e. The predicted molar refractivity (Wildman–Crippen MR) is 301 cm³/mol. The van der Waals surface area contributed by atoms with Gasteiger partial charge >= 0.3 is 0 Å². The van der Waals surface area contributed by atoms with Crippen LogP contribution in [0.4, 0.5) is 0 Å². The molecule has 0 spiro atoms. The Morgan fingerprint density at radius 3 is 1.27 bits per heavy atom. The summed E-state index contributed by atoms with van der Waals surface area (Å²) < 4.78 is 2.41. The third-order valence-electron chi connectivity index (χ3n) is 16.2. The summed E-state index contributed by atoms with van der Waals surface area (Å²) in [7, 11) is 0. The largest absolute Gasteiger partial charge is 0.309 e. The highest BCUT2D eigenvalue weighted by Crippen LogP contribution is 2.54. The number of hydrogen-bond acceptors (Lipinski definition) is 0. The maximum absolute atomic E-state index is 2.50. The van der Waals surface area contributed by atoms with Gasteiger partial charge < -0.3 is 4.57 Å². The first-order valence-electron chi connectivity index (χ1n) is 25.1. The topological polar surface area (TPSA) is 4.93 Å². The van der Waals surface area contributed by atoms with Crippen molar-refractivity contribution in [3.63, 3.8) is 0 Å². The van der Waals surface area contributed by atoms with Gasteiger partial charge in [0, 0.05) is 16.5 Å². The number of aromatic nitrogens is 1. The molecule has 2 aliphatic rings. The van der Waals surface area contributed by atoms with E-state index in [4.69, 9.17) is 0 Å². The molecule has 11 aromatic carbocycles. The van der Waals surface area contributed by atoms with E-state index in [1.54, 1.807) is 0 Å². The van der Waals surface area contributed by atoms with E-state index in [1.807, 2.05) is 0 Å². The molecule has 1 heteroatoms. The van der Waals surface area contributed by atoms with E-state index in [-0.39, 0.29) is 10.8 Å². The fourth-order valence-corrected chi connectivity index (χ4v) is 12.6. The summed E-state index contributed by atoms with van der Waals surface area (Å²) >= 11 is 0. The van der Waals surface area contributed by atoms with Gasteiger partial charge in [0.15, 0.2) is 0 Å². The first-order valence-corrected chi connectivity index (χ1v) is 25.1. The van der Waals surface area contributed by atoms with Crippen molar-refractivity contribution in [2.45, 2.75) is 38.5 Å². The molecule has 14 rings (SSSR count). The number of fused-ring (bicyclic) bond motifs is 9. The highest BCUT2D eigenvalue weighted by atomic mass is 15.0. The van der Waals surface area contributed by atoms with Crippen molar-refractivity contribution in [2.24, 2.45) is 0 Å². The molecule has 71 heavy (non-hydrogen) atoms. The quantitative estimate of drug-likeness (QED) is 0.147. The van der Waals surface area contributed by atoms with Gasteiger partial charge in [-0.15, -0.1) is 0 Å². The van der Waals surface area contributed by atoms with Crippen molar-refractivity contribution >= 4 is 32.3 Å². The van der Waals surface area contributed by atoms with Gasteiger partial charge in [0.05, 0.1) is 11.4 Å². The van der Waals surface area contributed by atoms with Gasteiger partial charge in [-0.05, 0) is 170 Å². The summed E-state index contributed by atoms with van der Waals surface area (Å²) in [4.78, 5) is 0. The molecule has 0 bridgehead atoms. The molecule has 0 radical (unpaired) electrons. The van der Waals surface area contributed by atoms with Crippen LogP contribution in [-0.4, -0.2) is 4.57 Å². The Balaban J connectivity index is 0.959. The predicted octanol–water partition coefficient (Wildman–Crippen LogP) is 18.9. The van der Waals surface area contributed by atoms with E-state index >= 15 is 0 Å². The molecule has 2 aliphatic carbocycles.